The lowest BCUT2D eigenvalue weighted by Crippen LogP contribution is -2.43. The zero-order valence-electron chi connectivity index (χ0n) is 20.7. The molecule has 4 rings (SSSR count). The van der Waals surface area contributed by atoms with Crippen LogP contribution in [0.5, 0.6) is 0 Å². The molecule has 1 aromatic carbocycles. The highest BCUT2D eigenvalue weighted by Crippen LogP contribution is 2.37. The fourth-order valence-corrected chi connectivity index (χ4v) is 4.51. The van der Waals surface area contributed by atoms with E-state index < -0.39 is 35.6 Å². The van der Waals surface area contributed by atoms with Crippen LogP contribution >= 0.6 is 0 Å². The summed E-state index contributed by atoms with van der Waals surface area (Å²) in [5.41, 5.74) is 9.96. The van der Waals surface area contributed by atoms with Gasteiger partial charge in [-0.2, -0.15) is 13.2 Å². The van der Waals surface area contributed by atoms with E-state index in [1.54, 1.807) is 15.7 Å². The van der Waals surface area contributed by atoms with Crippen molar-refractivity contribution in [3.8, 4) is 11.3 Å². The van der Waals surface area contributed by atoms with Gasteiger partial charge in [-0.05, 0) is 38.7 Å². The Bertz CT molecular complexity index is 1330. The molecule has 4 N–H and O–H groups in total. The molecule has 2 aromatic heterocycles. The zero-order valence-corrected chi connectivity index (χ0v) is 20.7. The average molecular weight is 539 g/mol. The first-order chi connectivity index (χ1) is 17.9. The number of hydrogen-bond acceptors (Lipinski definition) is 7. The number of rotatable bonds is 7. The van der Waals surface area contributed by atoms with Crippen LogP contribution in [0.2, 0.25) is 0 Å². The van der Waals surface area contributed by atoms with Crippen LogP contribution in [0.3, 0.4) is 0 Å². The van der Waals surface area contributed by atoms with Crippen LogP contribution in [0.4, 0.5) is 33.6 Å². The molecule has 0 bridgehead atoms. The molecule has 14 heteroatoms. The third kappa shape index (κ3) is 5.54. The van der Waals surface area contributed by atoms with Gasteiger partial charge in [-0.25, -0.2) is 23.7 Å². The Kier molecular flexibility index (Phi) is 7.54. The molecule has 1 amide bonds. The van der Waals surface area contributed by atoms with Crippen molar-refractivity contribution in [3.05, 3.63) is 53.5 Å². The van der Waals surface area contributed by atoms with E-state index in [0.717, 1.165) is 12.4 Å². The van der Waals surface area contributed by atoms with Gasteiger partial charge in [0.25, 0.3) is 5.91 Å². The Morgan fingerprint density at radius 2 is 1.97 bits per heavy atom. The van der Waals surface area contributed by atoms with Crippen molar-refractivity contribution in [2.24, 2.45) is 5.73 Å². The summed E-state index contributed by atoms with van der Waals surface area (Å²) in [7, 11) is 3.71. The summed E-state index contributed by atoms with van der Waals surface area (Å²) in [5, 5.41) is 0. The fourth-order valence-electron chi connectivity index (χ4n) is 4.51. The van der Waals surface area contributed by atoms with E-state index in [0.29, 0.717) is 25.0 Å². The van der Waals surface area contributed by atoms with Gasteiger partial charge in [0, 0.05) is 31.4 Å². The topological polar surface area (TPSA) is 119 Å². The molecule has 3 heterocycles. The quantitative estimate of drug-likeness (QED) is 0.444. The summed E-state index contributed by atoms with van der Waals surface area (Å²) in [4.78, 5) is 27.7. The number of nitrogen functional groups attached to an aromatic ring is 1. The summed E-state index contributed by atoms with van der Waals surface area (Å²) in [5.74, 6) is -2.53. The Labute approximate surface area is 215 Å². The molecule has 0 aliphatic carbocycles. The standard InChI is InChI=1S/C24H27F5N8O/c1-35(2)7-8-37-11-18(13-3-4-16(25)15(9-13)24(27,28)29)34-22(37)14-5-6-36(10-17(14)26)23-19(21(31)38)20(30)32-12-33-23/h3-4,9,11-12,14,17H,5-8,10H2,1-2H3,(H2,31,38)(H2,30,32,33)/t14-,17+/m1/s1. The van der Waals surface area contributed by atoms with Crippen LogP contribution in [0.15, 0.2) is 30.7 Å². The first-order valence-corrected chi connectivity index (χ1v) is 11.7. The Morgan fingerprint density at radius 1 is 1.24 bits per heavy atom. The van der Waals surface area contributed by atoms with Crippen molar-refractivity contribution in [3.63, 3.8) is 0 Å². The summed E-state index contributed by atoms with van der Waals surface area (Å²) >= 11 is 0. The molecule has 9 nitrogen and oxygen atoms in total. The van der Waals surface area contributed by atoms with Gasteiger partial charge in [0.05, 0.1) is 23.7 Å². The highest BCUT2D eigenvalue weighted by molar-refractivity contribution is 6.01. The van der Waals surface area contributed by atoms with E-state index in [4.69, 9.17) is 11.5 Å². The van der Waals surface area contributed by atoms with Gasteiger partial charge in [0.1, 0.15) is 41.3 Å². The molecule has 1 aliphatic rings. The minimum Gasteiger partial charge on any atom is -0.383 e. The number of likely N-dealkylation sites (N-methyl/N-ethyl adjacent to an activating group) is 1. The summed E-state index contributed by atoms with van der Waals surface area (Å²) in [6.45, 7) is 1.11. The van der Waals surface area contributed by atoms with Crippen LogP contribution in [-0.4, -0.2) is 70.2 Å². The second kappa shape index (κ2) is 10.5. The predicted molar refractivity (Wildman–Crippen MR) is 131 cm³/mol. The lowest BCUT2D eigenvalue weighted by atomic mass is 9.93. The number of nitrogens with zero attached hydrogens (tertiary/aromatic N) is 6. The second-order valence-corrected chi connectivity index (χ2v) is 9.35. The summed E-state index contributed by atoms with van der Waals surface area (Å²) in [6.07, 6.45) is -3.36. The monoisotopic (exact) mass is 538 g/mol. The van der Waals surface area contributed by atoms with Crippen molar-refractivity contribution in [1.29, 1.82) is 0 Å². The Hall–Kier alpha value is -3.81. The third-order valence-corrected chi connectivity index (χ3v) is 6.44. The largest absolute Gasteiger partial charge is 0.419 e. The molecular weight excluding hydrogens is 511 g/mol. The molecule has 0 radical (unpaired) electrons. The molecule has 1 saturated heterocycles. The van der Waals surface area contributed by atoms with Crippen LogP contribution < -0.4 is 16.4 Å². The zero-order chi connectivity index (χ0) is 27.8. The van der Waals surface area contributed by atoms with E-state index in [1.807, 2.05) is 19.0 Å². The normalized spacial score (nSPS) is 18.3. The Morgan fingerprint density at radius 3 is 2.61 bits per heavy atom. The SMILES string of the molecule is CN(C)CCn1cc(-c2ccc(F)c(C(F)(F)F)c2)nc1[C@@H]1CCN(c2ncnc(N)c2C(N)=O)C[C@@H]1F. The maximum absolute atomic E-state index is 15.7. The molecule has 3 aromatic rings. The molecule has 38 heavy (non-hydrogen) atoms. The lowest BCUT2D eigenvalue weighted by Gasteiger charge is -2.36. The number of nitrogens with two attached hydrogens (primary N) is 2. The number of halogens is 5. The van der Waals surface area contributed by atoms with E-state index >= 15 is 4.39 Å². The number of carbonyl (C=O) groups excluding carboxylic acids is 1. The number of alkyl halides is 4. The van der Waals surface area contributed by atoms with Gasteiger partial charge in [-0.3, -0.25) is 4.79 Å². The first-order valence-electron chi connectivity index (χ1n) is 11.7. The number of piperidine rings is 1. The first kappa shape index (κ1) is 27.2. The molecule has 2 atom stereocenters. The minimum absolute atomic E-state index is 0.0685. The van der Waals surface area contributed by atoms with Gasteiger partial charge in [-0.15, -0.1) is 0 Å². The van der Waals surface area contributed by atoms with Gasteiger partial charge in [0.2, 0.25) is 0 Å². The molecule has 0 saturated carbocycles. The molecule has 0 unspecified atom stereocenters. The predicted octanol–water partition coefficient (Wildman–Crippen LogP) is 3.07. The number of hydrogen-bond donors (Lipinski definition) is 2. The fraction of sp³-hybridized carbons (Fsp3) is 0.417. The van der Waals surface area contributed by atoms with Gasteiger partial charge in [-0.1, -0.05) is 0 Å². The number of aromatic nitrogens is 4. The number of anilines is 2. The number of carbonyl (C=O) groups is 1. The van der Waals surface area contributed by atoms with Crippen molar-refractivity contribution >= 4 is 17.5 Å². The highest BCUT2D eigenvalue weighted by Gasteiger charge is 2.37. The van der Waals surface area contributed by atoms with E-state index in [1.165, 1.54) is 6.07 Å². The van der Waals surface area contributed by atoms with Crippen LogP contribution in [0.1, 0.15) is 34.1 Å². The molecule has 0 spiro atoms. The number of amides is 1. The van der Waals surface area contributed by atoms with Crippen molar-refractivity contribution in [2.75, 3.05) is 44.4 Å². The molecule has 1 fully saturated rings. The lowest BCUT2D eigenvalue weighted by molar-refractivity contribution is -0.139. The number of benzene rings is 1. The van der Waals surface area contributed by atoms with Crippen LogP contribution in [-0.2, 0) is 12.7 Å². The maximum atomic E-state index is 15.7. The number of imidazole rings is 1. The van der Waals surface area contributed by atoms with E-state index in [2.05, 4.69) is 15.0 Å². The summed E-state index contributed by atoms with van der Waals surface area (Å²) in [6, 6.07) is 2.67. The van der Waals surface area contributed by atoms with E-state index in [9.17, 15) is 22.4 Å². The maximum Gasteiger partial charge on any atom is 0.419 e. The van der Waals surface area contributed by atoms with Crippen molar-refractivity contribution in [1.82, 2.24) is 24.4 Å². The van der Waals surface area contributed by atoms with Crippen molar-refractivity contribution < 1.29 is 26.7 Å². The minimum atomic E-state index is -4.87. The second-order valence-electron chi connectivity index (χ2n) is 9.35. The molecule has 204 valence electrons. The van der Waals surface area contributed by atoms with Crippen LogP contribution in [0.25, 0.3) is 11.3 Å². The number of primary amides is 1. The van der Waals surface area contributed by atoms with Gasteiger partial charge in [0.15, 0.2) is 0 Å². The van der Waals surface area contributed by atoms with Gasteiger partial charge < -0.3 is 25.8 Å². The molecule has 1 aliphatic heterocycles. The van der Waals surface area contributed by atoms with E-state index in [-0.39, 0.29) is 48.0 Å². The summed E-state index contributed by atoms with van der Waals surface area (Å²) < 4.78 is 71.1. The average Bonchev–Trinajstić information content (AvgIpc) is 3.25. The van der Waals surface area contributed by atoms with Gasteiger partial charge >= 0.3 is 6.18 Å². The third-order valence-electron chi connectivity index (χ3n) is 6.44. The van der Waals surface area contributed by atoms with Crippen molar-refractivity contribution in [2.45, 2.75) is 31.2 Å². The highest BCUT2D eigenvalue weighted by atomic mass is 19.4. The van der Waals surface area contributed by atoms with Crippen LogP contribution in [0, 0.1) is 5.82 Å². The Balaban J connectivity index is 1.66. The smallest absolute Gasteiger partial charge is 0.383 e. The molecular formula is C24H27F5N8O.